The third kappa shape index (κ3) is 2.59. The zero-order valence-electron chi connectivity index (χ0n) is 8.36. The summed E-state index contributed by atoms with van der Waals surface area (Å²) >= 11 is 1.50. The fourth-order valence-electron chi connectivity index (χ4n) is 1.41. The molecule has 1 aromatic rings. The molecular formula is C9H16N4S. The number of nitrogens with zero attached hydrogens (tertiary/aromatic N) is 2. The van der Waals surface area contributed by atoms with Crippen molar-refractivity contribution in [2.45, 2.75) is 18.9 Å². The van der Waals surface area contributed by atoms with E-state index in [1.165, 1.54) is 24.2 Å². The molecular weight excluding hydrogens is 196 g/mol. The van der Waals surface area contributed by atoms with E-state index in [1.807, 2.05) is 0 Å². The van der Waals surface area contributed by atoms with E-state index in [1.54, 1.807) is 6.20 Å². The molecule has 1 saturated carbocycles. The van der Waals surface area contributed by atoms with Crippen LogP contribution >= 0.6 is 11.3 Å². The molecule has 0 radical (unpaired) electrons. The van der Waals surface area contributed by atoms with Gasteiger partial charge in [0.05, 0.1) is 6.20 Å². The van der Waals surface area contributed by atoms with Crippen LogP contribution in [0.3, 0.4) is 0 Å². The molecule has 5 heteroatoms. The van der Waals surface area contributed by atoms with Gasteiger partial charge in [-0.15, -0.1) is 0 Å². The van der Waals surface area contributed by atoms with Crippen molar-refractivity contribution in [3.05, 3.63) is 6.20 Å². The molecule has 3 N–H and O–H groups in total. The molecule has 1 aliphatic carbocycles. The predicted octanol–water partition coefficient (Wildman–Crippen LogP) is 1.23. The number of hydrogen-bond donors (Lipinski definition) is 2. The number of nitrogens with one attached hydrogen (secondary N) is 1. The highest BCUT2D eigenvalue weighted by Crippen LogP contribution is 2.25. The summed E-state index contributed by atoms with van der Waals surface area (Å²) in [4.78, 5) is 6.53. The smallest absolute Gasteiger partial charge is 0.184 e. The summed E-state index contributed by atoms with van der Waals surface area (Å²) in [5, 5.41) is 4.95. The van der Waals surface area contributed by atoms with Crippen molar-refractivity contribution in [2.75, 3.05) is 31.2 Å². The normalized spacial score (nSPS) is 16.1. The van der Waals surface area contributed by atoms with Gasteiger partial charge in [0.15, 0.2) is 5.13 Å². The van der Waals surface area contributed by atoms with Gasteiger partial charge < -0.3 is 16.0 Å². The Labute approximate surface area is 88.1 Å². The molecule has 1 fully saturated rings. The standard InChI is InChI=1S/C9H16N4S/c1-13(7-2-3-7)5-4-11-9-12-6-8(10)14-9/h6-7H,2-5,10H2,1H3,(H,11,12). The van der Waals surface area contributed by atoms with Gasteiger partial charge in [-0.2, -0.15) is 0 Å². The molecule has 0 spiro atoms. The topological polar surface area (TPSA) is 54.2 Å². The number of anilines is 2. The molecule has 0 aromatic carbocycles. The molecule has 0 atom stereocenters. The number of nitrogen functional groups attached to an aromatic ring is 1. The molecule has 1 aliphatic rings. The minimum Gasteiger partial charge on any atom is -0.389 e. The molecule has 1 aromatic heterocycles. The summed E-state index contributed by atoms with van der Waals surface area (Å²) in [5.74, 6) is 0. The number of rotatable bonds is 5. The highest BCUT2D eigenvalue weighted by molar-refractivity contribution is 7.19. The average Bonchev–Trinajstić information content (AvgIpc) is 2.92. The number of hydrogen-bond acceptors (Lipinski definition) is 5. The van der Waals surface area contributed by atoms with E-state index in [-0.39, 0.29) is 0 Å². The van der Waals surface area contributed by atoms with Crippen molar-refractivity contribution in [3.63, 3.8) is 0 Å². The number of nitrogens with two attached hydrogens (primary N) is 1. The van der Waals surface area contributed by atoms with Crippen molar-refractivity contribution in [2.24, 2.45) is 0 Å². The Kier molecular flexibility index (Phi) is 2.88. The first kappa shape index (κ1) is 9.73. The molecule has 14 heavy (non-hydrogen) atoms. The lowest BCUT2D eigenvalue weighted by molar-refractivity contribution is 0.337. The zero-order chi connectivity index (χ0) is 9.97. The number of thiazole rings is 1. The third-order valence-electron chi connectivity index (χ3n) is 2.43. The van der Waals surface area contributed by atoms with E-state index in [2.05, 4.69) is 22.2 Å². The summed E-state index contributed by atoms with van der Waals surface area (Å²) in [7, 11) is 2.18. The molecule has 0 amide bonds. The summed E-state index contributed by atoms with van der Waals surface area (Å²) in [6.07, 6.45) is 4.42. The molecule has 0 bridgehead atoms. The maximum atomic E-state index is 5.57. The van der Waals surface area contributed by atoms with Crippen LogP contribution in [0, 0.1) is 0 Å². The summed E-state index contributed by atoms with van der Waals surface area (Å²) < 4.78 is 0. The zero-order valence-corrected chi connectivity index (χ0v) is 9.18. The minimum atomic E-state index is 0.767. The highest BCUT2D eigenvalue weighted by Gasteiger charge is 2.25. The van der Waals surface area contributed by atoms with E-state index in [9.17, 15) is 0 Å². The minimum absolute atomic E-state index is 0.767. The lowest BCUT2D eigenvalue weighted by Crippen LogP contribution is -2.26. The van der Waals surface area contributed by atoms with Crippen LogP contribution in [0.4, 0.5) is 10.1 Å². The van der Waals surface area contributed by atoms with Crippen LogP contribution in [0.15, 0.2) is 6.20 Å². The summed E-state index contributed by atoms with van der Waals surface area (Å²) in [5.41, 5.74) is 5.57. The fourth-order valence-corrected chi connectivity index (χ4v) is 2.01. The van der Waals surface area contributed by atoms with Gasteiger partial charge >= 0.3 is 0 Å². The van der Waals surface area contributed by atoms with Crippen molar-refractivity contribution < 1.29 is 0 Å². The molecule has 1 heterocycles. The van der Waals surface area contributed by atoms with E-state index >= 15 is 0 Å². The lowest BCUT2D eigenvalue weighted by atomic mass is 10.5. The first-order chi connectivity index (χ1) is 6.75. The molecule has 4 nitrogen and oxygen atoms in total. The second-order valence-electron chi connectivity index (χ2n) is 3.71. The quantitative estimate of drug-likeness (QED) is 0.771. The Hall–Kier alpha value is -0.810. The molecule has 0 saturated heterocycles. The highest BCUT2D eigenvalue weighted by atomic mass is 32.1. The van der Waals surface area contributed by atoms with Gasteiger partial charge in [-0.05, 0) is 19.9 Å². The maximum absolute atomic E-state index is 5.57. The first-order valence-electron chi connectivity index (χ1n) is 4.91. The van der Waals surface area contributed by atoms with Gasteiger partial charge in [-0.1, -0.05) is 11.3 Å². The van der Waals surface area contributed by atoms with Gasteiger partial charge in [0.25, 0.3) is 0 Å². The van der Waals surface area contributed by atoms with Gasteiger partial charge in [0.1, 0.15) is 5.00 Å². The first-order valence-corrected chi connectivity index (χ1v) is 5.73. The van der Waals surface area contributed by atoms with Crippen LogP contribution in [0.1, 0.15) is 12.8 Å². The molecule has 0 aliphatic heterocycles. The van der Waals surface area contributed by atoms with Gasteiger partial charge in [0, 0.05) is 19.1 Å². The van der Waals surface area contributed by atoms with Crippen molar-refractivity contribution in [1.82, 2.24) is 9.88 Å². The van der Waals surface area contributed by atoms with Crippen LogP contribution in [0.2, 0.25) is 0 Å². The van der Waals surface area contributed by atoms with Crippen molar-refractivity contribution in [3.8, 4) is 0 Å². The molecule has 2 rings (SSSR count). The van der Waals surface area contributed by atoms with Crippen molar-refractivity contribution >= 4 is 21.5 Å². The fraction of sp³-hybridized carbons (Fsp3) is 0.667. The van der Waals surface area contributed by atoms with Gasteiger partial charge in [0.2, 0.25) is 0 Å². The van der Waals surface area contributed by atoms with Crippen LogP contribution < -0.4 is 11.1 Å². The Morgan fingerprint density at radius 2 is 2.50 bits per heavy atom. The van der Waals surface area contributed by atoms with Gasteiger partial charge in [-0.3, -0.25) is 0 Å². The Morgan fingerprint density at radius 3 is 3.07 bits per heavy atom. The van der Waals surface area contributed by atoms with Crippen LogP contribution in [0.5, 0.6) is 0 Å². The summed E-state index contributed by atoms with van der Waals surface area (Å²) in [6.45, 7) is 2.02. The predicted molar refractivity (Wildman–Crippen MR) is 60.7 cm³/mol. The lowest BCUT2D eigenvalue weighted by Gasteiger charge is -2.15. The van der Waals surface area contributed by atoms with Crippen LogP contribution in [-0.4, -0.2) is 36.1 Å². The molecule has 78 valence electrons. The second kappa shape index (κ2) is 4.14. The summed E-state index contributed by atoms with van der Waals surface area (Å²) in [6, 6.07) is 0.832. The van der Waals surface area contributed by atoms with E-state index in [0.29, 0.717) is 0 Å². The number of likely N-dealkylation sites (N-methyl/N-ethyl adjacent to an activating group) is 1. The average molecular weight is 212 g/mol. The Balaban J connectivity index is 1.67. The number of aromatic nitrogens is 1. The Morgan fingerprint density at radius 1 is 1.71 bits per heavy atom. The van der Waals surface area contributed by atoms with Crippen molar-refractivity contribution in [1.29, 1.82) is 0 Å². The monoisotopic (exact) mass is 212 g/mol. The third-order valence-corrected chi connectivity index (χ3v) is 3.22. The Bertz CT molecular complexity index is 295. The van der Waals surface area contributed by atoms with Gasteiger partial charge in [-0.25, -0.2) is 4.98 Å². The maximum Gasteiger partial charge on any atom is 0.184 e. The van der Waals surface area contributed by atoms with E-state index < -0.39 is 0 Å². The molecule has 0 unspecified atom stereocenters. The van der Waals surface area contributed by atoms with Crippen LogP contribution in [-0.2, 0) is 0 Å². The largest absolute Gasteiger partial charge is 0.389 e. The van der Waals surface area contributed by atoms with E-state index in [4.69, 9.17) is 5.73 Å². The second-order valence-corrected chi connectivity index (χ2v) is 4.77. The van der Waals surface area contributed by atoms with E-state index in [0.717, 1.165) is 29.3 Å². The SMILES string of the molecule is CN(CCNc1ncc(N)s1)C1CC1. The van der Waals surface area contributed by atoms with Crippen LogP contribution in [0.25, 0.3) is 0 Å².